The molecule has 0 aromatic rings. The predicted molar refractivity (Wildman–Crippen MR) is 181 cm³/mol. The number of hydrogen-bond acceptors (Lipinski definition) is 0. The molecule has 2 aliphatic rings. The van der Waals surface area contributed by atoms with E-state index in [-0.39, 0.29) is 0 Å². The molecule has 0 aromatic carbocycles. The van der Waals surface area contributed by atoms with Gasteiger partial charge in [0, 0.05) is 0 Å². The van der Waals surface area contributed by atoms with Crippen LogP contribution >= 0.6 is 0 Å². The van der Waals surface area contributed by atoms with E-state index >= 15 is 0 Å². The van der Waals surface area contributed by atoms with E-state index in [1.807, 2.05) is 0 Å². The molecule has 0 N–H and O–H groups in total. The predicted octanol–water partition coefficient (Wildman–Crippen LogP) is 12.7. The highest BCUT2D eigenvalue weighted by Crippen LogP contribution is 2.54. The molecule has 218 valence electrons. The summed E-state index contributed by atoms with van der Waals surface area (Å²) in [5.41, 5.74) is 9.30. The first-order valence-corrected chi connectivity index (χ1v) is 15.5. The average Bonchev–Trinajstić information content (AvgIpc) is 3.12. The number of allylic oxidation sites excluding steroid dienone is 20. The van der Waals surface area contributed by atoms with E-state index in [0.717, 1.165) is 0 Å². The Bertz CT molecular complexity index is 1160. The lowest BCUT2D eigenvalue weighted by Gasteiger charge is -2.37. The largest absolute Gasteiger partial charge is 0.0837 e. The van der Waals surface area contributed by atoms with Crippen LogP contribution in [0.1, 0.15) is 114 Å². The lowest BCUT2D eigenvalue weighted by atomic mass is 9.67. The molecular formula is C40H58. The summed E-state index contributed by atoms with van der Waals surface area (Å²) in [6, 6.07) is 0. The van der Waals surface area contributed by atoms with Crippen LogP contribution in [0, 0.1) is 16.2 Å². The van der Waals surface area contributed by atoms with E-state index in [1.165, 1.54) is 72.8 Å². The van der Waals surface area contributed by atoms with Crippen LogP contribution < -0.4 is 0 Å². The monoisotopic (exact) mass is 538 g/mol. The van der Waals surface area contributed by atoms with Crippen molar-refractivity contribution in [2.75, 3.05) is 0 Å². The van der Waals surface area contributed by atoms with Gasteiger partial charge in [0.15, 0.2) is 0 Å². The highest BCUT2D eigenvalue weighted by atomic mass is 14.5. The van der Waals surface area contributed by atoms with Gasteiger partial charge < -0.3 is 0 Å². The van der Waals surface area contributed by atoms with Crippen LogP contribution in [0.5, 0.6) is 0 Å². The summed E-state index contributed by atoms with van der Waals surface area (Å²) < 4.78 is 0. The molecule has 1 fully saturated rings. The zero-order chi connectivity index (χ0) is 29.8. The van der Waals surface area contributed by atoms with E-state index < -0.39 is 0 Å². The highest BCUT2D eigenvalue weighted by Gasteiger charge is 2.43. The topological polar surface area (TPSA) is 0 Å². The standard InChI is InChI=1S/C40H58/c1-32(20-13-22-34(3)24-15-30-40(10)31-17-29-39(40,8)9)18-11-12-19-33(2)21-14-23-35(4)26-27-37-36(5)25-16-28-38(37,6)7/h11-15,18-24,26-27H,16-17,25,28-31H2,1-10H3/b12-11+,20-13+,21-14+,24-15+,27-26+,32-18+,33-19+,34-22+,35-23+. The highest BCUT2D eigenvalue weighted by molar-refractivity contribution is 5.37. The van der Waals surface area contributed by atoms with Gasteiger partial charge in [0.25, 0.3) is 0 Å². The summed E-state index contributed by atoms with van der Waals surface area (Å²) in [6.45, 7) is 23.0. The Morgan fingerprint density at radius 1 is 0.625 bits per heavy atom. The van der Waals surface area contributed by atoms with Gasteiger partial charge in [0.05, 0.1) is 0 Å². The molecule has 0 radical (unpaired) electrons. The third-order valence-electron chi connectivity index (χ3n) is 9.43. The molecule has 1 unspecified atom stereocenters. The van der Waals surface area contributed by atoms with E-state index in [2.05, 4.69) is 154 Å². The Kier molecular flexibility index (Phi) is 12.9. The minimum Gasteiger partial charge on any atom is -0.0837 e. The van der Waals surface area contributed by atoms with Crippen molar-refractivity contribution in [1.29, 1.82) is 0 Å². The van der Waals surface area contributed by atoms with Crippen molar-refractivity contribution in [3.05, 3.63) is 119 Å². The Balaban J connectivity index is 1.83. The minimum atomic E-state index is 0.293. The maximum absolute atomic E-state index is 2.46. The molecule has 0 heteroatoms. The molecule has 1 atom stereocenters. The molecule has 40 heavy (non-hydrogen) atoms. The first-order chi connectivity index (χ1) is 18.8. The Morgan fingerprint density at radius 2 is 1.15 bits per heavy atom. The quantitative estimate of drug-likeness (QED) is 0.229. The van der Waals surface area contributed by atoms with Crippen molar-refractivity contribution in [2.24, 2.45) is 16.2 Å². The zero-order valence-corrected chi connectivity index (χ0v) is 27.5. The van der Waals surface area contributed by atoms with Gasteiger partial charge in [0.2, 0.25) is 0 Å². The van der Waals surface area contributed by atoms with E-state index in [0.29, 0.717) is 16.2 Å². The SMILES string of the molecule is CC1=C(/C=C/C(C)=C/C=C/C(C)=C/C=C/C=C(C)/C=C/C=C(C)/C=C/CC2(C)CCCC2(C)C)C(C)(C)CCC1. The van der Waals surface area contributed by atoms with Crippen LogP contribution in [0.3, 0.4) is 0 Å². The zero-order valence-electron chi connectivity index (χ0n) is 27.5. The fourth-order valence-electron chi connectivity index (χ4n) is 6.01. The summed E-state index contributed by atoms with van der Waals surface area (Å²) >= 11 is 0. The molecule has 2 aliphatic carbocycles. The minimum absolute atomic E-state index is 0.293. The molecule has 0 spiro atoms. The van der Waals surface area contributed by atoms with Gasteiger partial charge in [-0.2, -0.15) is 0 Å². The van der Waals surface area contributed by atoms with Gasteiger partial charge in [0.1, 0.15) is 0 Å². The van der Waals surface area contributed by atoms with Crippen molar-refractivity contribution in [2.45, 2.75) is 114 Å². The van der Waals surface area contributed by atoms with Gasteiger partial charge in [-0.1, -0.05) is 154 Å². The molecule has 1 saturated carbocycles. The maximum atomic E-state index is 2.46. The third-order valence-corrected chi connectivity index (χ3v) is 9.43. The van der Waals surface area contributed by atoms with E-state index in [1.54, 1.807) is 5.57 Å². The Morgan fingerprint density at radius 3 is 1.68 bits per heavy atom. The van der Waals surface area contributed by atoms with Crippen LogP contribution in [-0.4, -0.2) is 0 Å². The molecule has 0 aliphatic heterocycles. The van der Waals surface area contributed by atoms with Crippen LogP contribution in [-0.2, 0) is 0 Å². The smallest absolute Gasteiger partial charge is 0.0104 e. The van der Waals surface area contributed by atoms with Crippen LogP contribution in [0.25, 0.3) is 0 Å². The van der Waals surface area contributed by atoms with Crippen molar-refractivity contribution >= 4 is 0 Å². The second-order valence-corrected chi connectivity index (χ2v) is 13.9. The first kappa shape index (κ1) is 33.6. The molecule has 0 bridgehead atoms. The van der Waals surface area contributed by atoms with Crippen LogP contribution in [0.4, 0.5) is 0 Å². The lowest BCUT2D eigenvalue weighted by molar-refractivity contribution is 0.135. The van der Waals surface area contributed by atoms with Crippen molar-refractivity contribution in [1.82, 2.24) is 0 Å². The summed E-state index contributed by atoms with van der Waals surface area (Å²) in [5.74, 6) is 0. The second kappa shape index (κ2) is 15.4. The average molecular weight is 539 g/mol. The summed E-state index contributed by atoms with van der Waals surface area (Å²) in [4.78, 5) is 0. The maximum Gasteiger partial charge on any atom is -0.0104 e. The Labute approximate surface area is 248 Å². The van der Waals surface area contributed by atoms with E-state index in [9.17, 15) is 0 Å². The summed E-state index contributed by atoms with van der Waals surface area (Å²) in [5, 5.41) is 0. The van der Waals surface area contributed by atoms with Gasteiger partial charge in [-0.25, -0.2) is 0 Å². The number of hydrogen-bond donors (Lipinski definition) is 0. The molecule has 0 heterocycles. The fraction of sp³-hybridized carbons (Fsp3) is 0.500. The fourth-order valence-corrected chi connectivity index (χ4v) is 6.01. The van der Waals surface area contributed by atoms with E-state index in [4.69, 9.17) is 0 Å². The molecule has 0 nitrogen and oxygen atoms in total. The van der Waals surface area contributed by atoms with Crippen molar-refractivity contribution in [3.8, 4) is 0 Å². The molecule has 0 saturated heterocycles. The first-order valence-electron chi connectivity index (χ1n) is 15.5. The van der Waals surface area contributed by atoms with Crippen molar-refractivity contribution in [3.63, 3.8) is 0 Å². The van der Waals surface area contributed by atoms with Gasteiger partial charge in [-0.05, 0) is 95.0 Å². The molecule has 2 rings (SSSR count). The van der Waals surface area contributed by atoms with Gasteiger partial charge >= 0.3 is 0 Å². The molecule has 0 aromatic heterocycles. The second-order valence-electron chi connectivity index (χ2n) is 13.9. The van der Waals surface area contributed by atoms with Crippen LogP contribution in [0.2, 0.25) is 0 Å². The van der Waals surface area contributed by atoms with Crippen molar-refractivity contribution < 1.29 is 0 Å². The van der Waals surface area contributed by atoms with Crippen LogP contribution in [0.15, 0.2) is 119 Å². The normalized spacial score (nSPS) is 25.2. The van der Waals surface area contributed by atoms with Gasteiger partial charge in [-0.3, -0.25) is 0 Å². The lowest BCUT2D eigenvalue weighted by Crippen LogP contribution is -2.28. The molecule has 0 amide bonds. The molecular weight excluding hydrogens is 480 g/mol. The number of rotatable bonds is 11. The summed E-state index contributed by atoms with van der Waals surface area (Å²) in [7, 11) is 0. The van der Waals surface area contributed by atoms with Gasteiger partial charge in [-0.15, -0.1) is 0 Å². The Hall–Kier alpha value is -2.60. The third kappa shape index (κ3) is 10.8. The summed E-state index contributed by atoms with van der Waals surface area (Å²) in [6.07, 6.45) is 39.9.